The molecule has 104 valence electrons. The summed E-state index contributed by atoms with van der Waals surface area (Å²) >= 11 is 0. The number of hydrazine groups is 2. The van der Waals surface area contributed by atoms with E-state index in [4.69, 9.17) is 0 Å². The van der Waals surface area contributed by atoms with Crippen LogP contribution < -0.4 is 21.0 Å². The third kappa shape index (κ3) is 4.21. The molecule has 0 radical (unpaired) electrons. The molecule has 0 aliphatic carbocycles. The largest absolute Gasteiger partial charge is 0.573 e. The maximum atomic E-state index is 12.0. The first-order valence-electron chi connectivity index (χ1n) is 5.35. The molecule has 1 aliphatic rings. The van der Waals surface area contributed by atoms with Gasteiger partial charge in [0.1, 0.15) is 5.75 Å². The van der Waals surface area contributed by atoms with E-state index in [9.17, 15) is 13.2 Å². The quantitative estimate of drug-likeness (QED) is 0.772. The van der Waals surface area contributed by atoms with E-state index in [1.54, 1.807) is 12.2 Å². The normalized spacial score (nSPS) is 15.5. The fourth-order valence-electron chi connectivity index (χ4n) is 1.42. The monoisotopic (exact) mass is 275 g/mol. The molecule has 1 aromatic carbocycles. The Kier molecular flexibility index (Phi) is 3.65. The summed E-state index contributed by atoms with van der Waals surface area (Å²) in [5, 5.41) is 8.51. The zero-order valence-corrected chi connectivity index (χ0v) is 9.95. The van der Waals surface area contributed by atoms with E-state index in [0.717, 1.165) is 0 Å². The highest BCUT2D eigenvalue weighted by molar-refractivity contribution is 5.86. The first-order chi connectivity index (χ1) is 8.92. The topological polar surface area (TPSA) is 60.9 Å². The van der Waals surface area contributed by atoms with Crippen molar-refractivity contribution in [2.24, 2.45) is 5.10 Å². The van der Waals surface area contributed by atoms with Gasteiger partial charge in [0.25, 0.3) is 0 Å². The third-order valence-corrected chi connectivity index (χ3v) is 2.18. The Hall–Kier alpha value is -2.16. The van der Waals surface area contributed by atoms with Crippen LogP contribution in [0.15, 0.2) is 29.4 Å². The van der Waals surface area contributed by atoms with Crippen LogP contribution in [-0.4, -0.2) is 30.9 Å². The zero-order valence-electron chi connectivity index (χ0n) is 9.95. The molecule has 0 saturated carbocycles. The van der Waals surface area contributed by atoms with Crippen molar-refractivity contribution in [3.05, 3.63) is 24.3 Å². The Morgan fingerprint density at radius 3 is 2.53 bits per heavy atom. The van der Waals surface area contributed by atoms with Crippen LogP contribution >= 0.6 is 0 Å². The summed E-state index contributed by atoms with van der Waals surface area (Å²) in [7, 11) is 1.75. The van der Waals surface area contributed by atoms with Crippen molar-refractivity contribution in [3.63, 3.8) is 0 Å². The SMILES string of the molecule is CN1NN=C(CNc2ccc(OC(F)(F)F)cc2)N1. The summed E-state index contributed by atoms with van der Waals surface area (Å²) in [6.07, 6.45) is -4.67. The van der Waals surface area contributed by atoms with Crippen LogP contribution in [-0.2, 0) is 0 Å². The molecule has 1 heterocycles. The van der Waals surface area contributed by atoms with Gasteiger partial charge in [-0.3, -0.25) is 5.43 Å². The fraction of sp³-hybridized carbons (Fsp3) is 0.300. The van der Waals surface area contributed by atoms with Crippen molar-refractivity contribution in [2.75, 3.05) is 18.9 Å². The van der Waals surface area contributed by atoms with E-state index in [2.05, 4.69) is 26.1 Å². The summed E-state index contributed by atoms with van der Waals surface area (Å²) < 4.78 is 39.6. The standard InChI is InChI=1S/C10H12F3N5O/c1-18-16-9(15-17-18)6-14-7-2-4-8(5-3-7)19-10(11,12)13/h2-5,14,17H,6H2,1H3,(H,15,16). The van der Waals surface area contributed by atoms with E-state index in [0.29, 0.717) is 18.1 Å². The average molecular weight is 275 g/mol. The number of hydrogen-bond acceptors (Lipinski definition) is 6. The molecule has 0 spiro atoms. The van der Waals surface area contributed by atoms with Gasteiger partial charge in [0.15, 0.2) is 5.84 Å². The molecule has 6 nitrogen and oxygen atoms in total. The van der Waals surface area contributed by atoms with Crippen molar-refractivity contribution in [3.8, 4) is 5.75 Å². The smallest absolute Gasteiger partial charge is 0.406 e. The molecule has 0 atom stereocenters. The Morgan fingerprint density at radius 1 is 1.32 bits per heavy atom. The molecule has 0 saturated heterocycles. The lowest BCUT2D eigenvalue weighted by Gasteiger charge is -2.11. The van der Waals surface area contributed by atoms with E-state index in [-0.39, 0.29) is 5.75 Å². The number of anilines is 1. The Bertz CT molecular complexity index is 459. The lowest BCUT2D eigenvalue weighted by Crippen LogP contribution is -2.39. The second-order valence-electron chi connectivity index (χ2n) is 3.76. The molecule has 3 N–H and O–H groups in total. The van der Waals surface area contributed by atoms with E-state index < -0.39 is 6.36 Å². The highest BCUT2D eigenvalue weighted by atomic mass is 19.4. The third-order valence-electron chi connectivity index (χ3n) is 2.18. The van der Waals surface area contributed by atoms with Gasteiger partial charge in [-0.2, -0.15) is 0 Å². The Balaban J connectivity index is 1.85. The number of hydrazone groups is 1. The van der Waals surface area contributed by atoms with Crippen molar-refractivity contribution in [1.82, 2.24) is 16.1 Å². The molecule has 19 heavy (non-hydrogen) atoms. The lowest BCUT2D eigenvalue weighted by atomic mass is 10.3. The van der Waals surface area contributed by atoms with Crippen LogP contribution in [0.2, 0.25) is 0 Å². The van der Waals surface area contributed by atoms with Gasteiger partial charge in [-0.25, -0.2) is 5.53 Å². The lowest BCUT2D eigenvalue weighted by molar-refractivity contribution is -0.274. The summed E-state index contributed by atoms with van der Waals surface area (Å²) in [5.74, 6) is 0.411. The Morgan fingerprint density at radius 2 is 2.00 bits per heavy atom. The highest BCUT2D eigenvalue weighted by Gasteiger charge is 2.30. The minimum absolute atomic E-state index is 0.254. The highest BCUT2D eigenvalue weighted by Crippen LogP contribution is 2.23. The summed E-state index contributed by atoms with van der Waals surface area (Å²) in [6.45, 7) is 0.414. The van der Waals surface area contributed by atoms with Gasteiger partial charge in [-0.1, -0.05) is 0 Å². The van der Waals surface area contributed by atoms with Gasteiger partial charge < -0.3 is 10.1 Å². The maximum Gasteiger partial charge on any atom is 0.573 e. The number of amidine groups is 1. The van der Waals surface area contributed by atoms with Crippen LogP contribution in [0.4, 0.5) is 18.9 Å². The van der Waals surface area contributed by atoms with Gasteiger partial charge in [0, 0.05) is 12.7 Å². The first-order valence-corrected chi connectivity index (χ1v) is 5.35. The number of alkyl halides is 3. The number of halogens is 3. The number of nitrogens with zero attached hydrogens (tertiary/aromatic N) is 2. The van der Waals surface area contributed by atoms with E-state index >= 15 is 0 Å². The number of nitrogens with one attached hydrogen (secondary N) is 3. The number of hydrogen-bond donors (Lipinski definition) is 3. The van der Waals surface area contributed by atoms with Crippen molar-refractivity contribution >= 4 is 11.5 Å². The number of rotatable bonds is 4. The number of ether oxygens (including phenoxy) is 1. The van der Waals surface area contributed by atoms with E-state index in [1.165, 1.54) is 24.3 Å². The van der Waals surface area contributed by atoms with Crippen molar-refractivity contribution < 1.29 is 17.9 Å². The fourth-order valence-corrected chi connectivity index (χ4v) is 1.42. The molecule has 0 fully saturated rings. The van der Waals surface area contributed by atoms with Gasteiger partial charge in [0.05, 0.1) is 6.54 Å². The summed E-state index contributed by atoms with van der Waals surface area (Å²) in [6, 6.07) is 5.47. The molecule has 0 bridgehead atoms. The van der Waals surface area contributed by atoms with Crippen LogP contribution in [0.3, 0.4) is 0 Å². The molecule has 2 rings (SSSR count). The minimum Gasteiger partial charge on any atom is -0.406 e. The van der Waals surface area contributed by atoms with Crippen molar-refractivity contribution in [2.45, 2.75) is 6.36 Å². The van der Waals surface area contributed by atoms with Gasteiger partial charge in [-0.15, -0.1) is 23.4 Å². The number of benzene rings is 1. The van der Waals surface area contributed by atoms with Crippen LogP contribution in [0, 0.1) is 0 Å². The van der Waals surface area contributed by atoms with Crippen LogP contribution in [0.5, 0.6) is 5.75 Å². The predicted molar refractivity (Wildman–Crippen MR) is 63.1 cm³/mol. The van der Waals surface area contributed by atoms with Gasteiger partial charge >= 0.3 is 6.36 Å². The Labute approximate surface area is 107 Å². The average Bonchev–Trinajstić information content (AvgIpc) is 2.72. The summed E-state index contributed by atoms with van der Waals surface area (Å²) in [4.78, 5) is 0. The summed E-state index contributed by atoms with van der Waals surface area (Å²) in [5.41, 5.74) is 6.23. The maximum absolute atomic E-state index is 12.0. The molecule has 9 heteroatoms. The second kappa shape index (κ2) is 5.22. The second-order valence-corrected chi connectivity index (χ2v) is 3.76. The zero-order chi connectivity index (χ0) is 13.9. The van der Waals surface area contributed by atoms with Crippen LogP contribution in [0.1, 0.15) is 0 Å². The minimum atomic E-state index is -4.67. The molecule has 0 amide bonds. The molecule has 1 aliphatic heterocycles. The van der Waals surface area contributed by atoms with Crippen molar-refractivity contribution in [1.29, 1.82) is 0 Å². The molecular weight excluding hydrogens is 263 g/mol. The molecule has 0 unspecified atom stereocenters. The van der Waals surface area contributed by atoms with Gasteiger partial charge in [0.2, 0.25) is 0 Å². The van der Waals surface area contributed by atoms with Crippen LogP contribution in [0.25, 0.3) is 0 Å². The predicted octanol–water partition coefficient (Wildman–Crippen LogP) is 1.27. The van der Waals surface area contributed by atoms with E-state index in [1.807, 2.05) is 0 Å². The molecule has 0 aromatic heterocycles. The molecule has 1 aromatic rings. The first kappa shape index (κ1) is 13.3. The molecular formula is C10H12F3N5O. The van der Waals surface area contributed by atoms with Gasteiger partial charge in [-0.05, 0) is 24.3 Å².